The second-order valence-electron chi connectivity index (χ2n) is 3.36. The number of phenolic OH excluding ortho intramolecular Hbond substituents is 1. The molecule has 1 heterocycles. The molecule has 0 atom stereocenters. The van der Waals surface area contributed by atoms with Crippen molar-refractivity contribution in [1.29, 1.82) is 0 Å². The summed E-state index contributed by atoms with van der Waals surface area (Å²) in [6.07, 6.45) is 1.45. The Morgan fingerprint density at radius 2 is 2.19 bits per heavy atom. The molecule has 0 spiro atoms. The van der Waals surface area contributed by atoms with Crippen LogP contribution in [0.1, 0.15) is 0 Å². The Kier molecular flexibility index (Phi) is 2.59. The lowest BCUT2D eigenvalue weighted by atomic mass is 10.1. The van der Waals surface area contributed by atoms with Gasteiger partial charge >= 0.3 is 0 Å². The van der Waals surface area contributed by atoms with E-state index < -0.39 is 11.6 Å². The summed E-state index contributed by atoms with van der Waals surface area (Å²) in [5.41, 5.74) is 6.89. The van der Waals surface area contributed by atoms with Crippen molar-refractivity contribution in [2.45, 2.75) is 0 Å². The molecule has 1 aromatic heterocycles. The minimum atomic E-state index is -0.704. The van der Waals surface area contributed by atoms with E-state index in [-0.39, 0.29) is 0 Å². The van der Waals surface area contributed by atoms with Crippen molar-refractivity contribution < 1.29 is 9.50 Å². The van der Waals surface area contributed by atoms with Gasteiger partial charge in [-0.05, 0) is 12.1 Å². The molecule has 0 saturated carbocycles. The highest BCUT2D eigenvalue weighted by atomic mass is 79.9. The number of halogens is 2. The molecular formula is C10H9BrFN3O. The van der Waals surface area contributed by atoms with Crippen LogP contribution in [-0.2, 0) is 7.05 Å². The monoisotopic (exact) mass is 285 g/mol. The van der Waals surface area contributed by atoms with E-state index in [9.17, 15) is 9.50 Å². The summed E-state index contributed by atoms with van der Waals surface area (Å²) in [7, 11) is 1.67. The molecule has 3 N–H and O–H groups in total. The highest BCUT2D eigenvalue weighted by Gasteiger charge is 2.16. The molecule has 0 amide bonds. The van der Waals surface area contributed by atoms with E-state index in [1.54, 1.807) is 13.1 Å². The average Bonchev–Trinajstić information content (AvgIpc) is 2.53. The molecule has 6 heteroatoms. The van der Waals surface area contributed by atoms with Gasteiger partial charge in [0.05, 0.1) is 17.6 Å². The zero-order valence-electron chi connectivity index (χ0n) is 8.41. The van der Waals surface area contributed by atoms with Crippen molar-refractivity contribution in [3.8, 4) is 17.0 Å². The van der Waals surface area contributed by atoms with Crippen molar-refractivity contribution in [2.75, 3.05) is 5.73 Å². The predicted molar refractivity (Wildman–Crippen MR) is 62.4 cm³/mol. The maximum atomic E-state index is 13.3. The van der Waals surface area contributed by atoms with Gasteiger partial charge in [0.2, 0.25) is 0 Å². The van der Waals surface area contributed by atoms with E-state index in [0.29, 0.717) is 21.4 Å². The SMILES string of the molecule is Cn1ncc(N)c1-c1cc(Br)cc(F)c1O. The van der Waals surface area contributed by atoms with Crippen LogP contribution < -0.4 is 5.73 Å². The number of aromatic hydroxyl groups is 1. The van der Waals surface area contributed by atoms with Gasteiger partial charge in [-0.15, -0.1) is 0 Å². The molecule has 16 heavy (non-hydrogen) atoms. The minimum Gasteiger partial charge on any atom is -0.504 e. The van der Waals surface area contributed by atoms with E-state index in [2.05, 4.69) is 21.0 Å². The maximum absolute atomic E-state index is 13.3. The summed E-state index contributed by atoms with van der Waals surface area (Å²) in [5.74, 6) is -1.14. The first-order valence-electron chi connectivity index (χ1n) is 4.46. The van der Waals surface area contributed by atoms with Crippen LogP contribution in [0.4, 0.5) is 10.1 Å². The highest BCUT2D eigenvalue weighted by Crippen LogP contribution is 2.36. The maximum Gasteiger partial charge on any atom is 0.166 e. The quantitative estimate of drug-likeness (QED) is 0.845. The van der Waals surface area contributed by atoms with Gasteiger partial charge in [-0.2, -0.15) is 5.10 Å². The summed E-state index contributed by atoms with van der Waals surface area (Å²) >= 11 is 3.16. The molecule has 2 aromatic rings. The number of benzene rings is 1. The fraction of sp³-hybridized carbons (Fsp3) is 0.100. The Morgan fingerprint density at radius 1 is 1.50 bits per heavy atom. The van der Waals surface area contributed by atoms with Crippen LogP contribution in [0.3, 0.4) is 0 Å². The molecule has 0 bridgehead atoms. The fourth-order valence-corrected chi connectivity index (χ4v) is 1.96. The van der Waals surface area contributed by atoms with Crippen LogP contribution in [0.15, 0.2) is 22.8 Å². The lowest BCUT2D eigenvalue weighted by Crippen LogP contribution is -1.97. The summed E-state index contributed by atoms with van der Waals surface area (Å²) in [6, 6.07) is 2.77. The largest absolute Gasteiger partial charge is 0.504 e. The Bertz CT molecular complexity index is 534. The first-order valence-corrected chi connectivity index (χ1v) is 5.26. The van der Waals surface area contributed by atoms with E-state index in [0.717, 1.165) is 0 Å². The number of hydrogen-bond acceptors (Lipinski definition) is 3. The molecule has 0 unspecified atom stereocenters. The van der Waals surface area contributed by atoms with Crippen LogP contribution in [0, 0.1) is 5.82 Å². The number of hydrogen-bond donors (Lipinski definition) is 2. The van der Waals surface area contributed by atoms with Crippen molar-refractivity contribution in [3.63, 3.8) is 0 Å². The lowest BCUT2D eigenvalue weighted by molar-refractivity contribution is 0.433. The molecule has 4 nitrogen and oxygen atoms in total. The minimum absolute atomic E-state index is 0.310. The van der Waals surface area contributed by atoms with Crippen molar-refractivity contribution >= 4 is 21.6 Å². The molecular weight excluding hydrogens is 277 g/mol. The van der Waals surface area contributed by atoms with Gasteiger partial charge < -0.3 is 10.8 Å². The smallest absolute Gasteiger partial charge is 0.166 e. The molecule has 1 aromatic carbocycles. The summed E-state index contributed by atoms with van der Waals surface area (Å²) < 4.78 is 15.4. The standard InChI is InChI=1S/C10H9BrFN3O/c1-15-9(8(13)4-14-15)6-2-5(11)3-7(12)10(6)16/h2-4,16H,13H2,1H3. The van der Waals surface area contributed by atoms with Crippen LogP contribution in [0.2, 0.25) is 0 Å². The van der Waals surface area contributed by atoms with Gasteiger partial charge in [0, 0.05) is 17.1 Å². The Balaban J connectivity index is 2.74. The number of nitrogen functional groups attached to an aromatic ring is 1. The second-order valence-corrected chi connectivity index (χ2v) is 4.27. The molecule has 0 aliphatic heterocycles. The third kappa shape index (κ3) is 1.65. The number of nitrogens with two attached hydrogens (primary N) is 1. The summed E-state index contributed by atoms with van der Waals surface area (Å²) in [5, 5.41) is 13.6. The normalized spacial score (nSPS) is 10.7. The third-order valence-electron chi connectivity index (χ3n) is 2.25. The lowest BCUT2D eigenvalue weighted by Gasteiger charge is -2.08. The molecule has 0 aliphatic rings. The number of phenols is 1. The van der Waals surface area contributed by atoms with E-state index in [1.807, 2.05) is 0 Å². The number of anilines is 1. The van der Waals surface area contributed by atoms with E-state index in [1.165, 1.54) is 16.9 Å². The van der Waals surface area contributed by atoms with Crippen LogP contribution in [0.5, 0.6) is 5.75 Å². The molecule has 84 valence electrons. The van der Waals surface area contributed by atoms with Crippen molar-refractivity contribution in [3.05, 3.63) is 28.6 Å². The fourth-order valence-electron chi connectivity index (χ4n) is 1.53. The highest BCUT2D eigenvalue weighted by molar-refractivity contribution is 9.10. The molecule has 0 fully saturated rings. The van der Waals surface area contributed by atoms with Crippen LogP contribution >= 0.6 is 15.9 Å². The van der Waals surface area contributed by atoms with E-state index in [4.69, 9.17) is 5.73 Å². The van der Waals surface area contributed by atoms with E-state index >= 15 is 0 Å². The van der Waals surface area contributed by atoms with Gasteiger partial charge in [0.15, 0.2) is 11.6 Å². The molecule has 0 saturated heterocycles. The van der Waals surface area contributed by atoms with Gasteiger partial charge in [-0.1, -0.05) is 15.9 Å². The number of aryl methyl sites for hydroxylation is 1. The Hall–Kier alpha value is -1.56. The van der Waals surface area contributed by atoms with Gasteiger partial charge in [-0.3, -0.25) is 4.68 Å². The van der Waals surface area contributed by atoms with Gasteiger partial charge in [0.25, 0.3) is 0 Å². The molecule has 0 aliphatic carbocycles. The van der Waals surface area contributed by atoms with Gasteiger partial charge in [0.1, 0.15) is 0 Å². The van der Waals surface area contributed by atoms with Crippen LogP contribution in [0.25, 0.3) is 11.3 Å². The Morgan fingerprint density at radius 3 is 2.75 bits per heavy atom. The number of rotatable bonds is 1. The topological polar surface area (TPSA) is 64.1 Å². The summed E-state index contributed by atoms with van der Waals surface area (Å²) in [6.45, 7) is 0. The van der Waals surface area contributed by atoms with Crippen LogP contribution in [-0.4, -0.2) is 14.9 Å². The molecule has 2 rings (SSSR count). The van der Waals surface area contributed by atoms with Crippen molar-refractivity contribution in [1.82, 2.24) is 9.78 Å². The summed E-state index contributed by atoms with van der Waals surface area (Å²) in [4.78, 5) is 0. The van der Waals surface area contributed by atoms with Gasteiger partial charge in [-0.25, -0.2) is 4.39 Å². The Labute approximate surface area is 99.6 Å². The zero-order valence-corrected chi connectivity index (χ0v) is 9.99. The first-order chi connectivity index (χ1) is 7.50. The van der Waals surface area contributed by atoms with Crippen molar-refractivity contribution in [2.24, 2.45) is 7.05 Å². The number of aromatic nitrogens is 2. The third-order valence-corrected chi connectivity index (χ3v) is 2.71. The second kappa shape index (κ2) is 3.79. The molecule has 0 radical (unpaired) electrons. The number of nitrogens with zero attached hydrogens (tertiary/aromatic N) is 2. The zero-order chi connectivity index (χ0) is 11.9. The first kappa shape index (κ1) is 10.9. The predicted octanol–water partition coefficient (Wildman–Crippen LogP) is 2.28. The average molecular weight is 286 g/mol.